The number of hydrogen-bond donors (Lipinski definition) is 2. The summed E-state index contributed by atoms with van der Waals surface area (Å²) in [4.78, 5) is 8.36. The van der Waals surface area contributed by atoms with Gasteiger partial charge in [-0.25, -0.2) is 8.42 Å². The molecular formula is C20H27N3O5S. The first-order valence-corrected chi connectivity index (χ1v) is 10.8. The topological polar surface area (TPSA) is 112 Å². The highest BCUT2D eigenvalue weighted by Gasteiger charge is 2.26. The van der Waals surface area contributed by atoms with Gasteiger partial charge in [0.05, 0.1) is 24.6 Å². The van der Waals surface area contributed by atoms with Crippen molar-refractivity contribution in [2.75, 3.05) is 19.7 Å². The Morgan fingerprint density at radius 1 is 1.24 bits per heavy atom. The molecule has 0 spiro atoms. The molecule has 2 aromatic rings. The molecule has 0 aliphatic carbocycles. The third kappa shape index (κ3) is 4.92. The van der Waals surface area contributed by atoms with E-state index in [1.165, 1.54) is 22.8 Å². The Bertz CT molecular complexity index is 986. The van der Waals surface area contributed by atoms with E-state index in [1.54, 1.807) is 39.8 Å². The molecule has 29 heavy (non-hydrogen) atoms. The molecule has 158 valence electrons. The molecule has 0 aliphatic heterocycles. The summed E-state index contributed by atoms with van der Waals surface area (Å²) in [5.41, 5.74) is 1.53. The number of pyridine rings is 1. The summed E-state index contributed by atoms with van der Waals surface area (Å²) < 4.78 is 32.9. The number of aliphatic imine (C=N–C) groups is 1. The average molecular weight is 422 g/mol. The second-order valence-corrected chi connectivity index (χ2v) is 8.11. The van der Waals surface area contributed by atoms with Gasteiger partial charge in [0.2, 0.25) is 10.0 Å². The zero-order valence-corrected chi connectivity index (χ0v) is 17.9. The van der Waals surface area contributed by atoms with Crippen LogP contribution >= 0.6 is 0 Å². The minimum absolute atomic E-state index is 0.0372. The van der Waals surface area contributed by atoms with Crippen LogP contribution in [-0.2, 0) is 16.6 Å². The van der Waals surface area contributed by atoms with Crippen LogP contribution in [0.3, 0.4) is 0 Å². The SMILES string of the molecule is CCOc1ccc(N=Cc2c(CO)cnc(C)c2O)cc1S(=O)(=O)N(CC)CC. The minimum atomic E-state index is -3.75. The molecule has 1 aromatic carbocycles. The van der Waals surface area contributed by atoms with Crippen LogP contribution < -0.4 is 4.74 Å². The van der Waals surface area contributed by atoms with Gasteiger partial charge in [-0.15, -0.1) is 0 Å². The molecule has 1 heterocycles. The van der Waals surface area contributed by atoms with E-state index in [0.717, 1.165) is 0 Å². The summed E-state index contributed by atoms with van der Waals surface area (Å²) in [7, 11) is -3.75. The normalized spacial score (nSPS) is 12.1. The molecular weight excluding hydrogens is 394 g/mol. The third-order valence-corrected chi connectivity index (χ3v) is 6.49. The number of aromatic hydroxyl groups is 1. The summed E-state index contributed by atoms with van der Waals surface area (Å²) in [5.74, 6) is 0.180. The first kappa shape index (κ1) is 22.8. The predicted molar refractivity (Wildman–Crippen MR) is 112 cm³/mol. The van der Waals surface area contributed by atoms with Gasteiger partial charge < -0.3 is 14.9 Å². The molecule has 0 saturated carbocycles. The number of sulfonamides is 1. The van der Waals surface area contributed by atoms with Crippen molar-refractivity contribution in [2.24, 2.45) is 4.99 Å². The molecule has 2 rings (SSSR count). The Balaban J connectivity index is 2.54. The summed E-state index contributed by atoms with van der Waals surface area (Å²) in [6, 6.07) is 4.64. The lowest BCUT2D eigenvalue weighted by atomic mass is 10.1. The predicted octanol–water partition coefficient (Wildman–Crippen LogP) is 2.77. The van der Waals surface area contributed by atoms with E-state index >= 15 is 0 Å². The van der Waals surface area contributed by atoms with Crippen LogP contribution in [-0.4, -0.2) is 53.8 Å². The Morgan fingerprint density at radius 3 is 2.52 bits per heavy atom. The molecule has 0 bridgehead atoms. The van der Waals surface area contributed by atoms with Gasteiger partial charge in [-0.05, 0) is 32.0 Å². The maximum Gasteiger partial charge on any atom is 0.246 e. The lowest BCUT2D eigenvalue weighted by molar-refractivity contribution is 0.280. The Morgan fingerprint density at radius 2 is 1.93 bits per heavy atom. The highest BCUT2D eigenvalue weighted by molar-refractivity contribution is 7.89. The van der Waals surface area contributed by atoms with Gasteiger partial charge in [-0.1, -0.05) is 13.8 Å². The molecule has 0 atom stereocenters. The standard InChI is InChI=1S/C20H27N3O5S/c1-5-23(6-2)29(26,27)19-10-16(8-9-18(19)28-7-3)22-12-17-15(13-24)11-21-14(4)20(17)25/h8-12,24-25H,5-7,13H2,1-4H3. The summed E-state index contributed by atoms with van der Waals surface area (Å²) in [5, 5.41) is 19.7. The van der Waals surface area contributed by atoms with Gasteiger partial charge in [-0.3, -0.25) is 9.98 Å². The first-order valence-electron chi connectivity index (χ1n) is 9.39. The second-order valence-electron chi connectivity index (χ2n) is 6.20. The summed E-state index contributed by atoms with van der Waals surface area (Å²) >= 11 is 0. The van der Waals surface area contributed by atoms with Crippen LogP contribution in [0.4, 0.5) is 5.69 Å². The van der Waals surface area contributed by atoms with Crippen LogP contribution in [0.15, 0.2) is 34.3 Å². The van der Waals surface area contributed by atoms with Crippen LogP contribution in [0.2, 0.25) is 0 Å². The number of benzene rings is 1. The molecule has 2 N–H and O–H groups in total. The number of hydrogen-bond acceptors (Lipinski definition) is 7. The fourth-order valence-corrected chi connectivity index (χ4v) is 4.43. The number of rotatable bonds is 9. The quantitative estimate of drug-likeness (QED) is 0.602. The van der Waals surface area contributed by atoms with Crippen LogP contribution in [0.25, 0.3) is 0 Å². The van der Waals surface area contributed by atoms with Crippen molar-refractivity contribution in [1.82, 2.24) is 9.29 Å². The van der Waals surface area contributed by atoms with Gasteiger partial charge in [0.1, 0.15) is 16.4 Å². The van der Waals surface area contributed by atoms with Crippen molar-refractivity contribution >= 4 is 21.9 Å². The molecule has 1 aromatic heterocycles. The maximum absolute atomic E-state index is 13.0. The number of aliphatic hydroxyl groups is 1. The number of aromatic nitrogens is 1. The smallest absolute Gasteiger partial charge is 0.246 e. The largest absolute Gasteiger partial charge is 0.505 e. The highest BCUT2D eigenvalue weighted by Crippen LogP contribution is 2.31. The third-order valence-electron chi connectivity index (χ3n) is 4.42. The van der Waals surface area contributed by atoms with Crippen molar-refractivity contribution in [3.63, 3.8) is 0 Å². The number of ether oxygens (including phenoxy) is 1. The van der Waals surface area contributed by atoms with E-state index in [4.69, 9.17) is 4.74 Å². The van der Waals surface area contributed by atoms with Gasteiger partial charge in [0, 0.05) is 36.6 Å². The zero-order valence-electron chi connectivity index (χ0n) is 17.1. The van der Waals surface area contributed by atoms with Crippen LogP contribution in [0.5, 0.6) is 11.5 Å². The van der Waals surface area contributed by atoms with Crippen LogP contribution in [0.1, 0.15) is 37.6 Å². The average Bonchev–Trinajstić information content (AvgIpc) is 2.70. The van der Waals surface area contributed by atoms with Crippen LogP contribution in [0, 0.1) is 6.92 Å². The van der Waals surface area contributed by atoms with Crippen molar-refractivity contribution in [2.45, 2.75) is 39.2 Å². The fourth-order valence-electron chi connectivity index (χ4n) is 2.82. The first-order chi connectivity index (χ1) is 13.8. The fraction of sp³-hybridized carbons (Fsp3) is 0.400. The van der Waals surface area contributed by atoms with E-state index in [9.17, 15) is 18.6 Å². The lowest BCUT2D eigenvalue weighted by Crippen LogP contribution is -2.30. The van der Waals surface area contributed by atoms with Crippen molar-refractivity contribution in [3.05, 3.63) is 41.2 Å². The summed E-state index contributed by atoms with van der Waals surface area (Å²) in [6.45, 7) is 7.65. The lowest BCUT2D eigenvalue weighted by Gasteiger charge is -2.20. The van der Waals surface area contributed by atoms with Gasteiger partial charge in [-0.2, -0.15) is 4.31 Å². The van der Waals surface area contributed by atoms with E-state index in [2.05, 4.69) is 9.98 Å². The van der Waals surface area contributed by atoms with E-state index in [0.29, 0.717) is 42.2 Å². The Hall–Kier alpha value is -2.49. The van der Waals surface area contributed by atoms with Gasteiger partial charge in [0.15, 0.2) is 0 Å². The molecule has 0 fully saturated rings. The van der Waals surface area contributed by atoms with Gasteiger partial charge in [0.25, 0.3) is 0 Å². The summed E-state index contributed by atoms with van der Waals surface area (Å²) in [6.07, 6.45) is 2.85. The molecule has 0 amide bonds. The molecule has 0 radical (unpaired) electrons. The van der Waals surface area contributed by atoms with Gasteiger partial charge >= 0.3 is 0 Å². The highest BCUT2D eigenvalue weighted by atomic mass is 32.2. The molecule has 0 saturated heterocycles. The van der Waals surface area contributed by atoms with Crippen molar-refractivity contribution < 1.29 is 23.4 Å². The maximum atomic E-state index is 13.0. The number of aliphatic hydroxyl groups excluding tert-OH is 1. The van der Waals surface area contributed by atoms with E-state index < -0.39 is 10.0 Å². The molecule has 0 aliphatic rings. The van der Waals surface area contributed by atoms with E-state index in [-0.39, 0.29) is 23.0 Å². The molecule has 9 heteroatoms. The van der Waals surface area contributed by atoms with Crippen molar-refractivity contribution in [3.8, 4) is 11.5 Å². The molecule has 0 unspecified atom stereocenters. The van der Waals surface area contributed by atoms with Crippen molar-refractivity contribution in [1.29, 1.82) is 0 Å². The number of aryl methyl sites for hydroxylation is 1. The Labute approximate surface area is 171 Å². The Kier molecular flexibility index (Phi) is 7.72. The number of nitrogens with zero attached hydrogens (tertiary/aromatic N) is 3. The molecule has 8 nitrogen and oxygen atoms in total. The van der Waals surface area contributed by atoms with E-state index in [1.807, 2.05) is 0 Å². The monoisotopic (exact) mass is 421 g/mol. The zero-order chi connectivity index (χ0) is 21.6. The second kappa shape index (κ2) is 9.82. The minimum Gasteiger partial charge on any atom is -0.505 e.